The van der Waals surface area contributed by atoms with Gasteiger partial charge in [-0.3, -0.25) is 0 Å². The summed E-state index contributed by atoms with van der Waals surface area (Å²) in [5.41, 5.74) is 5.26. The van der Waals surface area contributed by atoms with Crippen LogP contribution in [0.4, 0.5) is 0 Å². The van der Waals surface area contributed by atoms with Crippen LogP contribution in [0.25, 0.3) is 0 Å². The van der Waals surface area contributed by atoms with Crippen LogP contribution in [0.3, 0.4) is 0 Å². The van der Waals surface area contributed by atoms with Crippen LogP contribution in [0.15, 0.2) is 12.1 Å². The fourth-order valence-electron chi connectivity index (χ4n) is 2.56. The summed E-state index contributed by atoms with van der Waals surface area (Å²) in [6.07, 6.45) is 1.48. The first-order valence-corrected chi connectivity index (χ1v) is 8.70. The first-order chi connectivity index (χ1) is 8.87. The van der Waals surface area contributed by atoms with E-state index >= 15 is 0 Å². The van der Waals surface area contributed by atoms with Crippen molar-refractivity contribution >= 4 is 9.84 Å². The van der Waals surface area contributed by atoms with Crippen LogP contribution in [-0.2, 0) is 16.4 Å². The van der Waals surface area contributed by atoms with Gasteiger partial charge in [0.25, 0.3) is 0 Å². The number of rotatable bonds is 3. The minimum absolute atomic E-state index is 0.330. The highest BCUT2D eigenvalue weighted by molar-refractivity contribution is 7.91. The molecule has 0 aliphatic carbocycles. The van der Waals surface area contributed by atoms with Gasteiger partial charge in [0.2, 0.25) is 0 Å². The highest BCUT2D eigenvalue weighted by Gasteiger charge is 2.23. The third-order valence-corrected chi connectivity index (χ3v) is 5.80. The number of hydrogen-bond donors (Lipinski definition) is 1. The Morgan fingerprint density at radius 2 is 1.63 bits per heavy atom. The largest absolute Gasteiger partial charge is 0.310 e. The maximum atomic E-state index is 11.4. The van der Waals surface area contributed by atoms with E-state index in [1.165, 1.54) is 22.3 Å². The van der Waals surface area contributed by atoms with E-state index in [1.54, 1.807) is 0 Å². The lowest BCUT2D eigenvalue weighted by atomic mass is 10.0. The van der Waals surface area contributed by atoms with E-state index in [2.05, 4.69) is 38.2 Å². The summed E-state index contributed by atoms with van der Waals surface area (Å²) in [7, 11) is -2.76. The third kappa shape index (κ3) is 3.80. The minimum Gasteiger partial charge on any atom is -0.310 e. The van der Waals surface area contributed by atoms with Crippen molar-refractivity contribution in [3.63, 3.8) is 0 Å². The molecule has 0 saturated carbocycles. The smallest absolute Gasteiger partial charge is 0.150 e. The summed E-state index contributed by atoms with van der Waals surface area (Å²) in [5.74, 6) is 0.660. The van der Waals surface area contributed by atoms with Crippen LogP contribution in [0.2, 0.25) is 0 Å². The second-order valence-corrected chi connectivity index (χ2v) is 7.97. The standard InChI is InChI=1S/C15H23NO2S/c1-11-8-13(3)14(9-12(11)2)10-16-15-4-6-19(17,18)7-5-15/h8-9,15-16H,4-7,10H2,1-3H3. The van der Waals surface area contributed by atoms with Gasteiger partial charge in [0.1, 0.15) is 9.84 Å². The van der Waals surface area contributed by atoms with Gasteiger partial charge in [-0.05, 0) is 55.9 Å². The van der Waals surface area contributed by atoms with E-state index in [4.69, 9.17) is 0 Å². The van der Waals surface area contributed by atoms with Crippen molar-refractivity contribution in [3.8, 4) is 0 Å². The Kier molecular flexibility index (Phi) is 4.31. The van der Waals surface area contributed by atoms with Crippen molar-refractivity contribution < 1.29 is 8.42 Å². The van der Waals surface area contributed by atoms with Crippen LogP contribution in [0.5, 0.6) is 0 Å². The molecular formula is C15H23NO2S. The fourth-order valence-corrected chi connectivity index (χ4v) is 4.05. The molecule has 1 aliphatic rings. The molecule has 1 aromatic rings. The molecule has 0 aromatic heterocycles. The average molecular weight is 281 g/mol. The summed E-state index contributed by atoms with van der Waals surface area (Å²) < 4.78 is 22.8. The van der Waals surface area contributed by atoms with Crippen LogP contribution in [0, 0.1) is 20.8 Å². The molecule has 0 atom stereocenters. The monoisotopic (exact) mass is 281 g/mol. The van der Waals surface area contributed by atoms with Crippen LogP contribution in [-0.4, -0.2) is 26.0 Å². The first-order valence-electron chi connectivity index (χ1n) is 6.88. The molecule has 1 N–H and O–H groups in total. The van der Waals surface area contributed by atoms with Gasteiger partial charge in [-0.25, -0.2) is 8.42 Å². The summed E-state index contributed by atoms with van der Waals surface area (Å²) >= 11 is 0. The Morgan fingerprint density at radius 1 is 1.05 bits per heavy atom. The molecule has 3 nitrogen and oxygen atoms in total. The topological polar surface area (TPSA) is 46.2 Å². The molecule has 1 aromatic carbocycles. The van der Waals surface area contributed by atoms with Gasteiger partial charge < -0.3 is 5.32 Å². The van der Waals surface area contributed by atoms with Crippen LogP contribution < -0.4 is 5.32 Å². The Labute approximate surface area is 116 Å². The van der Waals surface area contributed by atoms with E-state index < -0.39 is 9.84 Å². The van der Waals surface area contributed by atoms with Gasteiger partial charge in [0.05, 0.1) is 11.5 Å². The number of sulfone groups is 1. The van der Waals surface area contributed by atoms with Crippen LogP contribution >= 0.6 is 0 Å². The molecule has 1 heterocycles. The molecule has 4 heteroatoms. The number of nitrogens with one attached hydrogen (secondary N) is 1. The zero-order chi connectivity index (χ0) is 14.0. The molecule has 0 radical (unpaired) electrons. The zero-order valence-electron chi connectivity index (χ0n) is 12.0. The maximum Gasteiger partial charge on any atom is 0.150 e. The number of aryl methyl sites for hydroxylation is 3. The molecule has 0 unspecified atom stereocenters. The molecule has 1 fully saturated rings. The van der Waals surface area contributed by atoms with Crippen molar-refractivity contribution in [2.45, 2.75) is 46.2 Å². The SMILES string of the molecule is Cc1cc(C)c(CNC2CCS(=O)(=O)CC2)cc1C. The highest BCUT2D eigenvalue weighted by atomic mass is 32.2. The molecule has 0 spiro atoms. The third-order valence-electron chi connectivity index (χ3n) is 4.09. The summed E-state index contributed by atoms with van der Waals surface area (Å²) in [6, 6.07) is 4.79. The predicted molar refractivity (Wildman–Crippen MR) is 79.2 cm³/mol. The molecular weight excluding hydrogens is 258 g/mol. The first kappa shape index (κ1) is 14.5. The summed E-state index contributed by atoms with van der Waals surface area (Å²) in [5, 5.41) is 3.50. The lowest BCUT2D eigenvalue weighted by molar-refractivity contribution is 0.462. The molecule has 19 heavy (non-hydrogen) atoms. The van der Waals surface area contributed by atoms with Crippen molar-refractivity contribution in [1.82, 2.24) is 5.32 Å². The normalized spacial score (nSPS) is 19.5. The zero-order valence-corrected chi connectivity index (χ0v) is 12.8. The van der Waals surface area contributed by atoms with Gasteiger partial charge in [0, 0.05) is 12.6 Å². The minimum atomic E-state index is -2.76. The highest BCUT2D eigenvalue weighted by Crippen LogP contribution is 2.17. The Morgan fingerprint density at radius 3 is 2.26 bits per heavy atom. The van der Waals surface area contributed by atoms with E-state index in [0.717, 1.165) is 19.4 Å². The summed E-state index contributed by atoms with van der Waals surface area (Å²) in [4.78, 5) is 0. The summed E-state index contributed by atoms with van der Waals surface area (Å²) in [6.45, 7) is 7.23. The van der Waals surface area contributed by atoms with Gasteiger partial charge in [0.15, 0.2) is 0 Å². The average Bonchev–Trinajstić information content (AvgIpc) is 2.33. The van der Waals surface area contributed by atoms with E-state index in [9.17, 15) is 8.42 Å². The molecule has 0 amide bonds. The molecule has 1 saturated heterocycles. The van der Waals surface area contributed by atoms with E-state index in [-0.39, 0.29) is 0 Å². The van der Waals surface area contributed by atoms with Gasteiger partial charge in [-0.15, -0.1) is 0 Å². The van der Waals surface area contributed by atoms with Crippen molar-refractivity contribution in [2.75, 3.05) is 11.5 Å². The quantitative estimate of drug-likeness (QED) is 0.924. The van der Waals surface area contributed by atoms with Gasteiger partial charge in [-0.2, -0.15) is 0 Å². The molecule has 2 rings (SSSR count). The van der Waals surface area contributed by atoms with Crippen LogP contribution in [0.1, 0.15) is 35.1 Å². The lowest BCUT2D eigenvalue weighted by Crippen LogP contribution is -2.37. The van der Waals surface area contributed by atoms with Gasteiger partial charge in [-0.1, -0.05) is 12.1 Å². The van der Waals surface area contributed by atoms with Gasteiger partial charge >= 0.3 is 0 Å². The molecule has 106 valence electrons. The Balaban J connectivity index is 1.95. The fraction of sp³-hybridized carbons (Fsp3) is 0.600. The van der Waals surface area contributed by atoms with Crippen molar-refractivity contribution in [1.29, 1.82) is 0 Å². The molecule has 0 bridgehead atoms. The van der Waals surface area contributed by atoms with E-state index in [0.29, 0.717) is 17.5 Å². The maximum absolute atomic E-state index is 11.4. The Bertz CT molecular complexity index is 550. The predicted octanol–water partition coefficient (Wildman–Crippen LogP) is 2.28. The van der Waals surface area contributed by atoms with Crippen molar-refractivity contribution in [2.24, 2.45) is 0 Å². The van der Waals surface area contributed by atoms with E-state index in [1.807, 2.05) is 0 Å². The van der Waals surface area contributed by atoms with Crippen molar-refractivity contribution in [3.05, 3.63) is 34.4 Å². The second kappa shape index (κ2) is 5.63. The lowest BCUT2D eigenvalue weighted by Gasteiger charge is -2.23. The Hall–Kier alpha value is -0.870. The second-order valence-electron chi connectivity index (χ2n) is 5.67. The number of hydrogen-bond acceptors (Lipinski definition) is 3. The molecule has 1 aliphatic heterocycles. The number of benzene rings is 1.